The molecule has 2 aliphatic heterocycles. The van der Waals surface area contributed by atoms with Gasteiger partial charge in [0, 0.05) is 42.7 Å². The molecule has 3 heterocycles. The lowest BCUT2D eigenvalue weighted by Gasteiger charge is -2.33. The van der Waals surface area contributed by atoms with Crippen molar-refractivity contribution in [1.29, 1.82) is 0 Å². The van der Waals surface area contributed by atoms with Gasteiger partial charge >= 0.3 is 0 Å². The number of nitrogens with zero attached hydrogens (tertiary/aromatic N) is 3. The summed E-state index contributed by atoms with van der Waals surface area (Å²) in [5, 5.41) is 6.87. The molecule has 2 atom stereocenters. The number of anilines is 1. The zero-order chi connectivity index (χ0) is 20.7. The van der Waals surface area contributed by atoms with Crippen LogP contribution in [0.25, 0.3) is 0 Å². The first kappa shape index (κ1) is 25.0. The summed E-state index contributed by atoms with van der Waals surface area (Å²) in [5.41, 5.74) is 6.61. The summed E-state index contributed by atoms with van der Waals surface area (Å²) in [5.74, 6) is 2.67. The summed E-state index contributed by atoms with van der Waals surface area (Å²) in [4.78, 5) is 23.2. The Labute approximate surface area is 201 Å². The van der Waals surface area contributed by atoms with Gasteiger partial charge in [0.15, 0.2) is 5.96 Å². The number of piperidine rings is 1. The average Bonchev–Trinajstić information content (AvgIpc) is 3.17. The first-order valence-electron chi connectivity index (χ1n) is 10.6. The molecule has 0 saturated carbocycles. The number of aromatic nitrogens is 1. The van der Waals surface area contributed by atoms with Gasteiger partial charge in [-0.15, -0.1) is 24.0 Å². The number of halogens is 1. The zero-order valence-corrected chi connectivity index (χ0v) is 21.2. The van der Waals surface area contributed by atoms with E-state index >= 15 is 0 Å². The van der Waals surface area contributed by atoms with Gasteiger partial charge in [0.05, 0.1) is 12.5 Å². The van der Waals surface area contributed by atoms with Gasteiger partial charge in [-0.25, -0.2) is 9.98 Å². The van der Waals surface area contributed by atoms with E-state index in [1.54, 1.807) is 6.20 Å². The fourth-order valence-corrected chi connectivity index (χ4v) is 5.24. The third-order valence-electron chi connectivity index (χ3n) is 5.67. The monoisotopic (exact) mass is 546 g/mol. The molecular formula is C21H35IN6OS. The number of nitrogens with one attached hydrogen (secondary N) is 2. The summed E-state index contributed by atoms with van der Waals surface area (Å²) in [6.07, 6.45) is 6.15. The van der Waals surface area contributed by atoms with Crippen molar-refractivity contribution in [3.05, 3.63) is 23.9 Å². The van der Waals surface area contributed by atoms with Crippen molar-refractivity contribution in [2.75, 3.05) is 36.8 Å². The van der Waals surface area contributed by atoms with E-state index in [4.69, 9.17) is 10.7 Å². The van der Waals surface area contributed by atoms with Gasteiger partial charge < -0.3 is 21.3 Å². The van der Waals surface area contributed by atoms with Crippen molar-refractivity contribution in [2.45, 2.75) is 50.8 Å². The SMILES string of the molecule is CCNC(=NCc1cccnc1N1CCCC(C(N)=O)C1)NCC1(C)CCCS1.I. The molecule has 4 N–H and O–H groups in total. The van der Waals surface area contributed by atoms with Crippen LogP contribution in [0, 0.1) is 5.92 Å². The Morgan fingerprint density at radius 1 is 1.43 bits per heavy atom. The predicted octanol–water partition coefficient (Wildman–Crippen LogP) is 2.74. The highest BCUT2D eigenvalue weighted by Crippen LogP contribution is 2.36. The third-order valence-corrected chi connectivity index (χ3v) is 7.21. The molecule has 0 aliphatic carbocycles. The van der Waals surface area contributed by atoms with Crippen LogP contribution >= 0.6 is 35.7 Å². The molecule has 0 aromatic carbocycles. The second-order valence-electron chi connectivity index (χ2n) is 8.12. The maximum atomic E-state index is 11.6. The van der Waals surface area contributed by atoms with E-state index in [0.717, 1.165) is 49.8 Å². The molecule has 2 unspecified atom stereocenters. The van der Waals surface area contributed by atoms with Crippen LogP contribution in [-0.4, -0.2) is 53.5 Å². The third kappa shape index (κ3) is 6.90. The van der Waals surface area contributed by atoms with E-state index in [1.807, 2.05) is 17.8 Å². The molecule has 1 aromatic rings. The highest BCUT2D eigenvalue weighted by Gasteiger charge is 2.29. The highest BCUT2D eigenvalue weighted by molar-refractivity contribution is 14.0. The molecule has 0 radical (unpaired) electrons. The van der Waals surface area contributed by atoms with Crippen molar-refractivity contribution >= 4 is 53.4 Å². The van der Waals surface area contributed by atoms with E-state index in [1.165, 1.54) is 18.6 Å². The van der Waals surface area contributed by atoms with E-state index in [9.17, 15) is 4.79 Å². The van der Waals surface area contributed by atoms with Gasteiger partial charge in [0.1, 0.15) is 5.82 Å². The summed E-state index contributed by atoms with van der Waals surface area (Å²) in [7, 11) is 0. The second-order valence-corrected chi connectivity index (χ2v) is 9.81. The van der Waals surface area contributed by atoms with Crippen LogP contribution in [0.4, 0.5) is 5.82 Å². The molecule has 2 aliphatic rings. The number of guanidine groups is 1. The van der Waals surface area contributed by atoms with Crippen LogP contribution in [0.3, 0.4) is 0 Å². The molecular weight excluding hydrogens is 511 g/mol. The number of thioether (sulfide) groups is 1. The van der Waals surface area contributed by atoms with Gasteiger partial charge in [-0.2, -0.15) is 11.8 Å². The lowest BCUT2D eigenvalue weighted by Crippen LogP contribution is -2.43. The van der Waals surface area contributed by atoms with Crippen molar-refractivity contribution in [2.24, 2.45) is 16.6 Å². The molecule has 0 spiro atoms. The number of hydrogen-bond acceptors (Lipinski definition) is 5. The average molecular weight is 547 g/mol. The standard InChI is InChI=1S/C21H34N6OS.HI/c1-3-23-20(26-15-21(2)9-6-12-29-21)25-13-16-7-4-10-24-19(16)27-11-5-8-17(14-27)18(22)28;/h4,7,10,17H,3,5-6,8-9,11-15H2,1-2H3,(H2,22,28)(H2,23,25,26);1H. The molecule has 1 amide bonds. The van der Waals surface area contributed by atoms with E-state index < -0.39 is 0 Å². The van der Waals surface area contributed by atoms with Gasteiger partial charge in [-0.1, -0.05) is 6.07 Å². The van der Waals surface area contributed by atoms with Gasteiger partial charge in [-0.05, 0) is 51.3 Å². The van der Waals surface area contributed by atoms with E-state index in [-0.39, 0.29) is 40.5 Å². The van der Waals surface area contributed by atoms with Gasteiger partial charge in [-0.3, -0.25) is 4.79 Å². The number of rotatable bonds is 7. The maximum absolute atomic E-state index is 11.6. The normalized spacial score (nSPS) is 24.3. The molecule has 9 heteroatoms. The van der Waals surface area contributed by atoms with Crippen molar-refractivity contribution < 1.29 is 4.79 Å². The molecule has 2 fully saturated rings. The smallest absolute Gasteiger partial charge is 0.222 e. The zero-order valence-electron chi connectivity index (χ0n) is 18.0. The topological polar surface area (TPSA) is 95.6 Å². The Hall–Kier alpha value is -1.23. The number of primary amides is 1. The predicted molar refractivity (Wildman–Crippen MR) is 137 cm³/mol. The van der Waals surface area contributed by atoms with Crippen LogP contribution in [0.5, 0.6) is 0 Å². The van der Waals surface area contributed by atoms with Crippen molar-refractivity contribution in [3.8, 4) is 0 Å². The quantitative estimate of drug-likeness (QED) is 0.277. The minimum atomic E-state index is -0.220. The van der Waals surface area contributed by atoms with Gasteiger partial charge in [0.25, 0.3) is 0 Å². The van der Waals surface area contributed by atoms with Crippen LogP contribution < -0.4 is 21.3 Å². The highest BCUT2D eigenvalue weighted by atomic mass is 127. The minimum absolute atomic E-state index is 0. The van der Waals surface area contributed by atoms with Crippen molar-refractivity contribution in [3.63, 3.8) is 0 Å². The molecule has 30 heavy (non-hydrogen) atoms. The van der Waals surface area contributed by atoms with Crippen LogP contribution in [-0.2, 0) is 11.3 Å². The Bertz CT molecular complexity index is 725. The van der Waals surface area contributed by atoms with Crippen LogP contribution in [0.15, 0.2) is 23.3 Å². The molecule has 0 bridgehead atoms. The Kier molecular flexibility index (Phi) is 9.99. The fraction of sp³-hybridized carbons (Fsp3) is 0.667. The summed E-state index contributed by atoms with van der Waals surface area (Å²) in [6, 6.07) is 4.01. The van der Waals surface area contributed by atoms with E-state index in [0.29, 0.717) is 13.1 Å². The Balaban J connectivity index is 0.00000320. The van der Waals surface area contributed by atoms with Gasteiger partial charge in [0.2, 0.25) is 5.91 Å². The minimum Gasteiger partial charge on any atom is -0.369 e. The summed E-state index contributed by atoms with van der Waals surface area (Å²) < 4.78 is 0.285. The molecule has 7 nitrogen and oxygen atoms in total. The summed E-state index contributed by atoms with van der Waals surface area (Å²) in [6.45, 7) is 8.21. The second kappa shape index (κ2) is 12.0. The van der Waals surface area contributed by atoms with E-state index in [2.05, 4.69) is 40.4 Å². The number of nitrogens with two attached hydrogens (primary N) is 1. The number of pyridine rings is 1. The Morgan fingerprint density at radius 3 is 2.97 bits per heavy atom. The molecule has 168 valence electrons. The van der Waals surface area contributed by atoms with Crippen LogP contribution in [0.1, 0.15) is 45.1 Å². The molecule has 2 saturated heterocycles. The molecule has 1 aromatic heterocycles. The van der Waals surface area contributed by atoms with Crippen LogP contribution in [0.2, 0.25) is 0 Å². The molecule has 3 rings (SSSR count). The Morgan fingerprint density at radius 2 is 2.27 bits per heavy atom. The summed E-state index contributed by atoms with van der Waals surface area (Å²) >= 11 is 2.04. The number of aliphatic imine (C=N–C) groups is 1. The largest absolute Gasteiger partial charge is 0.369 e. The van der Waals surface area contributed by atoms with Crippen molar-refractivity contribution in [1.82, 2.24) is 15.6 Å². The first-order chi connectivity index (χ1) is 14.0. The number of carbonyl (C=O) groups is 1. The maximum Gasteiger partial charge on any atom is 0.222 e. The fourth-order valence-electron chi connectivity index (χ4n) is 3.99. The number of carbonyl (C=O) groups excluding carboxylic acids is 1. The number of hydrogen-bond donors (Lipinski definition) is 3. The first-order valence-corrected chi connectivity index (χ1v) is 11.6. The lowest BCUT2D eigenvalue weighted by molar-refractivity contribution is -0.122. The lowest BCUT2D eigenvalue weighted by atomic mass is 9.97. The number of amides is 1.